The number of aromatic nitrogens is 1. The highest BCUT2D eigenvalue weighted by Crippen LogP contribution is 2.39. The van der Waals surface area contributed by atoms with Gasteiger partial charge >= 0.3 is 12.0 Å². The summed E-state index contributed by atoms with van der Waals surface area (Å²) in [7, 11) is 1.30. The van der Waals surface area contributed by atoms with Crippen molar-refractivity contribution >= 4 is 17.8 Å². The number of hydrogen-bond donors (Lipinski definition) is 1. The molecule has 29 heavy (non-hydrogen) atoms. The molecule has 152 valence electrons. The Morgan fingerprint density at radius 3 is 2.76 bits per heavy atom. The molecular formula is C21H22FN3O4. The van der Waals surface area contributed by atoms with E-state index in [0.717, 1.165) is 18.4 Å². The van der Waals surface area contributed by atoms with E-state index < -0.39 is 5.97 Å². The van der Waals surface area contributed by atoms with Crippen LogP contribution in [-0.2, 0) is 11.2 Å². The second-order valence-electron chi connectivity index (χ2n) is 7.38. The molecule has 2 aromatic rings. The van der Waals surface area contributed by atoms with Gasteiger partial charge in [0.2, 0.25) is 0 Å². The molecule has 0 atom stereocenters. The van der Waals surface area contributed by atoms with Crippen molar-refractivity contribution < 1.29 is 23.5 Å². The number of amides is 2. The molecule has 0 unspecified atom stereocenters. The predicted octanol–water partition coefficient (Wildman–Crippen LogP) is 3.40. The van der Waals surface area contributed by atoms with Crippen molar-refractivity contribution in [2.24, 2.45) is 0 Å². The zero-order valence-electron chi connectivity index (χ0n) is 16.1. The zero-order valence-corrected chi connectivity index (χ0v) is 16.1. The molecule has 1 aromatic carbocycles. The van der Waals surface area contributed by atoms with E-state index >= 15 is 0 Å². The van der Waals surface area contributed by atoms with Crippen molar-refractivity contribution in [2.75, 3.05) is 25.5 Å². The summed E-state index contributed by atoms with van der Waals surface area (Å²) in [6.45, 7) is 1.04. The first kappa shape index (κ1) is 19.2. The Kier molecular flexibility index (Phi) is 5.08. The number of urea groups is 1. The summed E-state index contributed by atoms with van der Waals surface area (Å²) < 4.78 is 24.4. The van der Waals surface area contributed by atoms with Gasteiger partial charge in [-0.25, -0.2) is 19.0 Å². The number of aryl methyl sites for hydroxylation is 1. The van der Waals surface area contributed by atoms with Crippen molar-refractivity contribution in [3.63, 3.8) is 0 Å². The van der Waals surface area contributed by atoms with Crippen LogP contribution in [0.5, 0.6) is 5.75 Å². The van der Waals surface area contributed by atoms with Crippen LogP contribution in [0.2, 0.25) is 0 Å². The highest BCUT2D eigenvalue weighted by atomic mass is 19.1. The number of nitrogens with one attached hydrogen (secondary N) is 1. The van der Waals surface area contributed by atoms with Gasteiger partial charge in [-0.05, 0) is 36.6 Å². The first-order valence-corrected chi connectivity index (χ1v) is 9.56. The Morgan fingerprint density at radius 2 is 2.00 bits per heavy atom. The molecule has 2 aliphatic heterocycles. The fraction of sp³-hybridized carbons (Fsp3) is 0.381. The quantitative estimate of drug-likeness (QED) is 0.783. The number of benzene rings is 1. The van der Waals surface area contributed by atoms with E-state index in [1.807, 2.05) is 0 Å². The number of ether oxygens (including phenoxy) is 2. The molecule has 0 aliphatic carbocycles. The average molecular weight is 399 g/mol. The predicted molar refractivity (Wildman–Crippen MR) is 103 cm³/mol. The number of carbonyl (C=O) groups excluding carboxylic acids is 2. The molecule has 8 heteroatoms. The van der Waals surface area contributed by atoms with Crippen LogP contribution in [0, 0.1) is 5.82 Å². The van der Waals surface area contributed by atoms with Gasteiger partial charge in [0.05, 0.1) is 12.7 Å². The zero-order chi connectivity index (χ0) is 20.4. The van der Waals surface area contributed by atoms with E-state index in [1.54, 1.807) is 11.0 Å². The normalized spacial score (nSPS) is 17.2. The second kappa shape index (κ2) is 7.69. The molecule has 0 bridgehead atoms. The number of halogens is 1. The molecule has 1 aromatic heterocycles. The number of carbonyl (C=O) groups is 2. The molecule has 1 spiro atoms. The fourth-order valence-electron chi connectivity index (χ4n) is 3.88. The van der Waals surface area contributed by atoms with Gasteiger partial charge in [-0.1, -0.05) is 6.07 Å². The van der Waals surface area contributed by atoms with Gasteiger partial charge < -0.3 is 14.4 Å². The van der Waals surface area contributed by atoms with Crippen LogP contribution in [0.4, 0.5) is 15.0 Å². The van der Waals surface area contributed by atoms with Gasteiger partial charge in [-0.2, -0.15) is 0 Å². The van der Waals surface area contributed by atoms with Crippen LogP contribution >= 0.6 is 0 Å². The van der Waals surface area contributed by atoms with Crippen molar-refractivity contribution in [2.45, 2.75) is 31.3 Å². The number of anilines is 1. The van der Waals surface area contributed by atoms with Gasteiger partial charge in [-0.15, -0.1) is 0 Å². The van der Waals surface area contributed by atoms with E-state index in [1.165, 1.54) is 37.6 Å². The van der Waals surface area contributed by atoms with Crippen LogP contribution in [-0.4, -0.2) is 47.7 Å². The maximum atomic E-state index is 13.6. The molecule has 1 N–H and O–H groups in total. The minimum absolute atomic E-state index is 0.281. The Labute approximate surface area is 167 Å². The van der Waals surface area contributed by atoms with E-state index in [9.17, 15) is 14.0 Å². The summed E-state index contributed by atoms with van der Waals surface area (Å²) in [4.78, 5) is 30.0. The highest BCUT2D eigenvalue weighted by Gasteiger charge is 2.40. The third-order valence-corrected chi connectivity index (χ3v) is 5.58. The Morgan fingerprint density at radius 1 is 1.21 bits per heavy atom. The van der Waals surface area contributed by atoms with Gasteiger partial charge in [0.1, 0.15) is 23.0 Å². The molecule has 3 heterocycles. The van der Waals surface area contributed by atoms with Crippen molar-refractivity contribution in [3.05, 3.63) is 53.5 Å². The number of pyridine rings is 1. The minimum Gasteiger partial charge on any atom is -0.487 e. The largest absolute Gasteiger partial charge is 0.487 e. The molecule has 1 saturated heterocycles. The summed E-state index contributed by atoms with van der Waals surface area (Å²) in [5, 5.41) is 2.72. The first-order valence-electron chi connectivity index (χ1n) is 9.56. The Bertz CT molecular complexity index is 941. The Balaban J connectivity index is 1.37. The number of rotatable bonds is 2. The Hall–Kier alpha value is -3.16. The lowest BCUT2D eigenvalue weighted by molar-refractivity contribution is -0.00460. The number of esters is 1. The highest BCUT2D eigenvalue weighted by molar-refractivity contribution is 5.93. The van der Waals surface area contributed by atoms with Crippen molar-refractivity contribution in [1.82, 2.24) is 9.88 Å². The van der Waals surface area contributed by atoms with E-state index in [0.29, 0.717) is 37.2 Å². The summed E-state index contributed by atoms with van der Waals surface area (Å²) in [6.07, 6.45) is 4.48. The van der Waals surface area contributed by atoms with Gasteiger partial charge in [0.15, 0.2) is 0 Å². The summed E-state index contributed by atoms with van der Waals surface area (Å²) in [5.74, 6) is 0.0998. The van der Waals surface area contributed by atoms with E-state index in [-0.39, 0.29) is 23.3 Å². The molecular weight excluding hydrogens is 377 g/mol. The van der Waals surface area contributed by atoms with Crippen LogP contribution in [0.1, 0.15) is 35.2 Å². The third-order valence-electron chi connectivity index (χ3n) is 5.58. The topological polar surface area (TPSA) is 80.8 Å². The third kappa shape index (κ3) is 4.01. The van der Waals surface area contributed by atoms with Gasteiger partial charge in [0.25, 0.3) is 0 Å². The summed E-state index contributed by atoms with van der Waals surface area (Å²) >= 11 is 0. The van der Waals surface area contributed by atoms with E-state index in [2.05, 4.69) is 15.0 Å². The number of nitrogens with zero attached hydrogens (tertiary/aromatic N) is 2. The van der Waals surface area contributed by atoms with Crippen LogP contribution in [0.25, 0.3) is 0 Å². The monoisotopic (exact) mass is 399 g/mol. The molecule has 2 amide bonds. The molecule has 7 nitrogen and oxygen atoms in total. The van der Waals surface area contributed by atoms with Crippen LogP contribution in [0.15, 0.2) is 36.5 Å². The molecule has 4 rings (SSSR count). The second-order valence-corrected chi connectivity index (χ2v) is 7.38. The van der Waals surface area contributed by atoms with E-state index in [4.69, 9.17) is 4.74 Å². The number of piperidine rings is 1. The lowest BCUT2D eigenvalue weighted by Gasteiger charge is -2.44. The average Bonchev–Trinajstić information content (AvgIpc) is 2.73. The molecule has 0 radical (unpaired) electrons. The SMILES string of the molecule is COC(=O)c1ccnc(NC(=O)N2CCC3(CCc4ccc(F)cc4O3)CC2)c1. The fourth-order valence-corrected chi connectivity index (χ4v) is 3.88. The number of methoxy groups -OCH3 is 1. The number of hydrogen-bond acceptors (Lipinski definition) is 5. The minimum atomic E-state index is -0.492. The first-order chi connectivity index (χ1) is 14.0. The van der Waals surface area contributed by atoms with Crippen LogP contribution in [0.3, 0.4) is 0 Å². The van der Waals surface area contributed by atoms with Gasteiger partial charge in [-0.3, -0.25) is 5.32 Å². The number of fused-ring (bicyclic) bond motifs is 1. The van der Waals surface area contributed by atoms with Gasteiger partial charge in [0, 0.05) is 38.2 Å². The number of likely N-dealkylation sites (tertiary alicyclic amines) is 1. The van der Waals surface area contributed by atoms with Crippen LogP contribution < -0.4 is 10.1 Å². The maximum Gasteiger partial charge on any atom is 0.338 e. The molecule has 2 aliphatic rings. The summed E-state index contributed by atoms with van der Waals surface area (Å²) in [5.41, 5.74) is 0.978. The summed E-state index contributed by atoms with van der Waals surface area (Å²) in [6, 6.07) is 7.39. The molecule has 0 saturated carbocycles. The lowest BCUT2D eigenvalue weighted by atomic mass is 9.83. The standard InChI is InChI=1S/C21H22FN3O4/c1-28-19(26)15-5-9-23-18(12-15)24-20(27)25-10-7-21(8-11-25)6-4-14-2-3-16(22)13-17(14)29-21/h2-3,5,9,12-13H,4,6-8,10-11H2,1H3,(H,23,24,27). The molecule has 1 fully saturated rings. The van der Waals surface area contributed by atoms with Crippen molar-refractivity contribution in [1.29, 1.82) is 0 Å². The maximum absolute atomic E-state index is 13.6. The smallest absolute Gasteiger partial charge is 0.338 e. The lowest BCUT2D eigenvalue weighted by Crippen LogP contribution is -2.52. The van der Waals surface area contributed by atoms with Crippen molar-refractivity contribution in [3.8, 4) is 5.75 Å².